The fourth-order valence-electron chi connectivity index (χ4n) is 7.93. The molecule has 60 heavy (non-hydrogen) atoms. The molecule has 0 fully saturated rings. The first kappa shape index (κ1) is 38.5. The van der Waals surface area contributed by atoms with Crippen molar-refractivity contribution in [1.82, 2.24) is 19.5 Å². The molecule has 4 nitrogen and oxygen atoms in total. The van der Waals surface area contributed by atoms with Gasteiger partial charge in [-0.2, -0.15) is 0 Å². The van der Waals surface area contributed by atoms with Crippen LogP contribution in [0.1, 0.15) is 28.3 Å². The quantitative estimate of drug-likeness (QED) is 0.0810. The van der Waals surface area contributed by atoms with Crippen molar-refractivity contribution >= 4 is 45.9 Å². The molecule has 294 valence electrons. The Morgan fingerprint density at radius 3 is 1.47 bits per heavy atom. The van der Waals surface area contributed by atoms with Crippen molar-refractivity contribution in [1.29, 1.82) is 0 Å². The monoisotopic (exact) mass is 886 g/mol. The predicted octanol–water partition coefficient (Wildman–Crippen LogP) is 13.2. The van der Waals surface area contributed by atoms with Gasteiger partial charge in [0, 0.05) is 59.4 Å². The van der Waals surface area contributed by atoms with Crippen molar-refractivity contribution in [3.8, 4) is 39.1 Å². The summed E-state index contributed by atoms with van der Waals surface area (Å²) in [6, 6.07) is 47.6. The van der Waals surface area contributed by atoms with E-state index in [2.05, 4.69) is 9.55 Å². The molecule has 0 aliphatic carbocycles. The second kappa shape index (κ2) is 15.6. The SMILES string of the molecule is Fc1c(F)c(F)c(C2=Cc3cc4ccc(cc5nc(cc6c(-c7ccccc7)c(-c7ccccc7)c(c(-c7ccccc7)c2n3)n6-c2ccccc2)C=C5)[nH]4)c(F)c1F.[Pd]. The van der Waals surface area contributed by atoms with E-state index in [1.54, 1.807) is 12.1 Å². The zero-order valence-corrected chi connectivity index (χ0v) is 32.8. The van der Waals surface area contributed by atoms with Gasteiger partial charge in [0.25, 0.3) is 0 Å². The number of aromatic amines is 1. The summed E-state index contributed by atoms with van der Waals surface area (Å²) >= 11 is 0. The van der Waals surface area contributed by atoms with Crippen LogP contribution in [0.15, 0.2) is 152 Å². The molecule has 8 aromatic rings. The number of H-pyrrole nitrogens is 1. The molecule has 0 saturated heterocycles. The van der Waals surface area contributed by atoms with Gasteiger partial charge >= 0.3 is 0 Å². The van der Waals surface area contributed by atoms with Gasteiger partial charge in [0.15, 0.2) is 23.3 Å². The average Bonchev–Trinajstić information content (AvgIpc) is 4.08. The number of hydrogen-bond donors (Lipinski definition) is 1. The summed E-state index contributed by atoms with van der Waals surface area (Å²) in [5.41, 5.74) is 7.71. The normalized spacial score (nSPS) is 12.0. The minimum absolute atomic E-state index is 0. The van der Waals surface area contributed by atoms with Crippen LogP contribution in [0, 0.1) is 29.1 Å². The van der Waals surface area contributed by atoms with Crippen LogP contribution in [0.4, 0.5) is 22.0 Å². The molecular formula is C50H29F5N4Pd. The maximum atomic E-state index is 16.2. The zero-order valence-electron chi connectivity index (χ0n) is 31.2. The molecule has 1 N–H and O–H groups in total. The molecule has 0 radical (unpaired) electrons. The number of halogens is 5. The van der Waals surface area contributed by atoms with Crippen LogP contribution in [0.5, 0.6) is 0 Å². The Labute approximate surface area is 354 Å². The molecule has 0 saturated carbocycles. The third kappa shape index (κ3) is 6.60. The largest absolute Gasteiger partial charge is 0.355 e. The van der Waals surface area contributed by atoms with E-state index in [-0.39, 0.29) is 37.4 Å². The van der Waals surface area contributed by atoms with Gasteiger partial charge < -0.3 is 9.55 Å². The van der Waals surface area contributed by atoms with E-state index in [1.165, 1.54) is 6.08 Å². The first-order valence-electron chi connectivity index (χ1n) is 18.8. The first-order valence-corrected chi connectivity index (χ1v) is 18.8. The summed E-state index contributed by atoms with van der Waals surface area (Å²) in [7, 11) is 0. The van der Waals surface area contributed by atoms with E-state index < -0.39 is 34.6 Å². The number of benzene rings is 5. The number of nitrogens with zero attached hydrogens (tertiary/aromatic N) is 3. The van der Waals surface area contributed by atoms with Crippen molar-refractivity contribution in [2.45, 2.75) is 0 Å². The molecule has 0 spiro atoms. The number of aromatic nitrogens is 4. The molecule has 2 aliphatic heterocycles. The van der Waals surface area contributed by atoms with Gasteiger partial charge in [-0.05, 0) is 77.4 Å². The summed E-state index contributed by atoms with van der Waals surface area (Å²) in [5, 5.41) is 0. The molecule has 10 heteroatoms. The molecule has 8 bridgehead atoms. The Kier molecular flexibility index (Phi) is 10.0. The van der Waals surface area contributed by atoms with E-state index in [9.17, 15) is 4.39 Å². The van der Waals surface area contributed by atoms with E-state index in [1.807, 2.05) is 152 Å². The van der Waals surface area contributed by atoms with Gasteiger partial charge in [-0.3, -0.25) is 0 Å². The maximum absolute atomic E-state index is 16.2. The van der Waals surface area contributed by atoms with E-state index in [0.29, 0.717) is 33.5 Å². The smallest absolute Gasteiger partial charge is 0.200 e. The van der Waals surface area contributed by atoms with Crippen molar-refractivity contribution in [3.05, 3.63) is 209 Å². The summed E-state index contributed by atoms with van der Waals surface area (Å²) in [4.78, 5) is 13.4. The number of rotatable bonds is 5. The van der Waals surface area contributed by atoms with Gasteiger partial charge in [-0.1, -0.05) is 109 Å². The molecule has 5 heterocycles. The fraction of sp³-hybridized carbons (Fsp3) is 0. The second-order valence-corrected chi connectivity index (χ2v) is 14.1. The Morgan fingerprint density at radius 1 is 0.433 bits per heavy atom. The van der Waals surface area contributed by atoms with E-state index in [4.69, 9.17) is 9.97 Å². The van der Waals surface area contributed by atoms with E-state index >= 15 is 17.6 Å². The Balaban J connectivity index is 0.00000462. The van der Waals surface area contributed by atoms with E-state index in [0.717, 1.165) is 39.0 Å². The van der Waals surface area contributed by atoms with Crippen molar-refractivity contribution in [3.63, 3.8) is 0 Å². The summed E-state index contributed by atoms with van der Waals surface area (Å²) in [5.74, 6) is -10.3. The first-order chi connectivity index (χ1) is 28.8. The van der Waals surface area contributed by atoms with Gasteiger partial charge in [0.05, 0.1) is 39.4 Å². The number of hydrogen-bond acceptors (Lipinski definition) is 2. The number of para-hydroxylation sites is 1. The molecule has 5 aromatic carbocycles. The molecule has 0 unspecified atom stereocenters. The Hall–Kier alpha value is -6.99. The predicted molar refractivity (Wildman–Crippen MR) is 224 cm³/mol. The molecule has 10 rings (SSSR count). The molecular weight excluding hydrogens is 858 g/mol. The van der Waals surface area contributed by atoms with Crippen LogP contribution in [-0.2, 0) is 20.4 Å². The minimum Gasteiger partial charge on any atom is -0.355 e. The topological polar surface area (TPSA) is 46.5 Å². The van der Waals surface area contributed by atoms with Crippen LogP contribution in [-0.4, -0.2) is 19.5 Å². The standard InChI is InChI=1S/C50H29F5N4.Pd/c51-44-43(45(52)47(54)48(55)46(44)53)38-27-36-26-34-22-21-32(56-34)25-33-23-24-35(57-33)28-39-40(29-13-5-1-6-14-29)41(30-15-7-2-8-16-30)50(59(39)37-19-11-4-12-20-37)42(49(38)58-36)31-17-9-3-10-18-31;/h1-28,56H;. The van der Waals surface area contributed by atoms with Gasteiger partial charge in [-0.15, -0.1) is 0 Å². The Morgan fingerprint density at radius 2 is 0.900 bits per heavy atom. The Bertz CT molecular complexity index is 3170. The third-order valence-electron chi connectivity index (χ3n) is 10.5. The van der Waals surface area contributed by atoms with Crippen LogP contribution in [0.2, 0.25) is 0 Å². The summed E-state index contributed by atoms with van der Waals surface area (Å²) in [6.45, 7) is 0. The number of nitrogens with one attached hydrogen (secondary N) is 1. The van der Waals surface area contributed by atoms with Crippen LogP contribution in [0.3, 0.4) is 0 Å². The van der Waals surface area contributed by atoms with Crippen LogP contribution >= 0.6 is 0 Å². The summed E-state index contributed by atoms with van der Waals surface area (Å²) in [6.07, 6.45) is 5.24. The molecule has 0 atom stereocenters. The van der Waals surface area contributed by atoms with Crippen LogP contribution in [0.25, 0.3) is 84.9 Å². The third-order valence-corrected chi connectivity index (χ3v) is 10.5. The van der Waals surface area contributed by atoms with Crippen LogP contribution < -0.4 is 0 Å². The summed E-state index contributed by atoms with van der Waals surface area (Å²) < 4.78 is 79.5. The van der Waals surface area contributed by atoms with Gasteiger partial charge in [0.2, 0.25) is 5.82 Å². The molecule has 2 aliphatic rings. The van der Waals surface area contributed by atoms with Gasteiger partial charge in [0.1, 0.15) is 0 Å². The van der Waals surface area contributed by atoms with Crippen molar-refractivity contribution < 1.29 is 42.4 Å². The van der Waals surface area contributed by atoms with Gasteiger partial charge in [-0.25, -0.2) is 31.9 Å². The average molecular weight is 887 g/mol. The second-order valence-electron chi connectivity index (χ2n) is 14.1. The molecule has 0 amide bonds. The zero-order chi connectivity index (χ0) is 40.2. The maximum Gasteiger partial charge on any atom is 0.200 e. The van der Waals surface area contributed by atoms with Crippen molar-refractivity contribution in [2.75, 3.05) is 0 Å². The van der Waals surface area contributed by atoms with Crippen molar-refractivity contribution in [2.24, 2.45) is 0 Å². The molecule has 3 aromatic heterocycles. The minimum atomic E-state index is -2.24. The fourth-order valence-corrected chi connectivity index (χ4v) is 7.93. The number of fused-ring (bicyclic) bond motifs is 8.